The Morgan fingerprint density at radius 2 is 1.73 bits per heavy atom. The van der Waals surface area contributed by atoms with Gasteiger partial charge in [0.15, 0.2) is 0 Å². The summed E-state index contributed by atoms with van der Waals surface area (Å²) in [5, 5.41) is 27.0. The predicted molar refractivity (Wildman–Crippen MR) is 154 cm³/mol. The summed E-state index contributed by atoms with van der Waals surface area (Å²) in [6.07, 6.45) is 1.57. The van der Waals surface area contributed by atoms with Crippen LogP contribution in [0.4, 0.5) is 11.5 Å². The zero-order chi connectivity index (χ0) is 26.7. The average Bonchev–Trinajstić information content (AvgIpc) is 3.31. The van der Waals surface area contributed by atoms with Crippen molar-refractivity contribution in [1.82, 2.24) is 9.97 Å². The quantitative estimate of drug-likeness (QED) is 0.214. The molecule has 10 heteroatoms. The molecule has 0 saturated heterocycles. The van der Waals surface area contributed by atoms with Crippen molar-refractivity contribution in [2.24, 2.45) is 4.99 Å². The van der Waals surface area contributed by atoms with E-state index in [1.54, 1.807) is 52.1 Å². The SMILES string of the molecule is CC(C)(O)C1=NC(c2ccc3nc(Nc4c(Cl)cc(C(C)(C)O)cc4Cl)c4cc[nH]c(=O)c4c3c2)CS1. The first-order valence-electron chi connectivity index (χ1n) is 11.7. The Kier molecular flexibility index (Phi) is 6.53. The first-order valence-corrected chi connectivity index (χ1v) is 13.4. The van der Waals surface area contributed by atoms with Crippen LogP contribution in [0.2, 0.25) is 10.0 Å². The highest BCUT2D eigenvalue weighted by atomic mass is 35.5. The minimum Gasteiger partial charge on any atom is -0.386 e. The van der Waals surface area contributed by atoms with Crippen molar-refractivity contribution in [1.29, 1.82) is 0 Å². The molecule has 0 bridgehead atoms. The third kappa shape index (κ3) is 4.96. The third-order valence-corrected chi connectivity index (χ3v) is 8.25. The first kappa shape index (κ1) is 26.0. The van der Waals surface area contributed by atoms with Crippen LogP contribution in [0.5, 0.6) is 0 Å². The molecular formula is C27H26Cl2N4O3S. The number of anilines is 2. The lowest BCUT2D eigenvalue weighted by atomic mass is 9.98. The molecule has 0 amide bonds. The van der Waals surface area contributed by atoms with Crippen LogP contribution in [0.15, 0.2) is 52.4 Å². The van der Waals surface area contributed by atoms with Crippen LogP contribution in [-0.4, -0.2) is 36.6 Å². The van der Waals surface area contributed by atoms with E-state index in [0.717, 1.165) is 5.56 Å². The maximum atomic E-state index is 13.0. The fourth-order valence-electron chi connectivity index (χ4n) is 4.32. The van der Waals surface area contributed by atoms with Crippen LogP contribution in [0.3, 0.4) is 0 Å². The van der Waals surface area contributed by atoms with E-state index in [1.165, 1.54) is 11.8 Å². The van der Waals surface area contributed by atoms with Crippen molar-refractivity contribution < 1.29 is 10.2 Å². The molecule has 0 aliphatic carbocycles. The molecule has 1 aliphatic rings. The molecule has 4 aromatic rings. The molecule has 0 fully saturated rings. The summed E-state index contributed by atoms with van der Waals surface area (Å²) < 4.78 is 0. The van der Waals surface area contributed by atoms with Gasteiger partial charge in [-0.25, -0.2) is 4.98 Å². The van der Waals surface area contributed by atoms with Gasteiger partial charge in [-0.05, 0) is 69.2 Å². The fourth-order valence-corrected chi connectivity index (χ4v) is 6.04. The van der Waals surface area contributed by atoms with Gasteiger partial charge in [0.25, 0.3) is 5.56 Å². The number of benzene rings is 2. The van der Waals surface area contributed by atoms with Gasteiger partial charge in [-0.3, -0.25) is 9.79 Å². The number of nitrogens with zero attached hydrogens (tertiary/aromatic N) is 2. The van der Waals surface area contributed by atoms with Crippen LogP contribution in [0.25, 0.3) is 21.7 Å². The summed E-state index contributed by atoms with van der Waals surface area (Å²) in [6.45, 7) is 6.76. The van der Waals surface area contributed by atoms with E-state index in [-0.39, 0.29) is 11.6 Å². The number of aromatic amines is 1. The molecule has 0 saturated carbocycles. The van der Waals surface area contributed by atoms with Crippen molar-refractivity contribution in [3.8, 4) is 0 Å². The van der Waals surface area contributed by atoms with Crippen LogP contribution in [0, 0.1) is 0 Å². The van der Waals surface area contributed by atoms with Gasteiger partial charge in [0.2, 0.25) is 0 Å². The Bertz CT molecular complexity index is 1610. The largest absolute Gasteiger partial charge is 0.386 e. The standard InChI is InChI=1S/C27H26Cl2N4O3S/c1-26(2,35)14-10-17(28)22(18(29)11-14)33-23-15-7-8-30-24(34)21(15)16-9-13(5-6-19(16)31-23)20-12-37-25(32-20)27(3,4)36/h5-11,20,35-36H,12H2,1-4H3,(H,30,34)(H,31,33). The normalized spacial score (nSPS) is 16.4. The van der Waals surface area contributed by atoms with Crippen LogP contribution in [0.1, 0.15) is 44.9 Å². The molecule has 0 spiro atoms. The molecule has 1 aliphatic heterocycles. The van der Waals surface area contributed by atoms with E-state index in [0.29, 0.717) is 59.6 Å². The molecule has 192 valence electrons. The zero-order valence-electron chi connectivity index (χ0n) is 20.7. The van der Waals surface area contributed by atoms with Crippen molar-refractivity contribution in [2.45, 2.75) is 44.9 Å². The minimum absolute atomic E-state index is 0.127. The Morgan fingerprint density at radius 3 is 2.35 bits per heavy atom. The second-order valence-electron chi connectivity index (χ2n) is 10.2. The summed E-state index contributed by atoms with van der Waals surface area (Å²) in [5.41, 5.74) is 0.219. The molecule has 4 N–H and O–H groups in total. The number of thioether (sulfide) groups is 1. The van der Waals surface area contributed by atoms with E-state index in [1.807, 2.05) is 18.2 Å². The van der Waals surface area contributed by atoms with Crippen molar-refractivity contribution in [3.05, 3.63) is 74.1 Å². The third-order valence-electron chi connectivity index (χ3n) is 6.29. The molecule has 3 heterocycles. The van der Waals surface area contributed by atoms with Gasteiger partial charge in [-0.15, -0.1) is 11.8 Å². The molecule has 0 radical (unpaired) electrons. The van der Waals surface area contributed by atoms with Gasteiger partial charge in [-0.1, -0.05) is 29.3 Å². The lowest BCUT2D eigenvalue weighted by Gasteiger charge is -2.20. The smallest absolute Gasteiger partial charge is 0.256 e. The molecule has 1 atom stereocenters. The maximum absolute atomic E-state index is 13.0. The van der Waals surface area contributed by atoms with Crippen LogP contribution < -0.4 is 10.9 Å². The van der Waals surface area contributed by atoms with Gasteiger partial charge >= 0.3 is 0 Å². The number of H-pyrrole nitrogens is 1. The van der Waals surface area contributed by atoms with Crippen molar-refractivity contribution >= 4 is 73.2 Å². The number of aromatic nitrogens is 2. The summed E-state index contributed by atoms with van der Waals surface area (Å²) in [6, 6.07) is 10.7. The molecular weight excluding hydrogens is 531 g/mol. The highest BCUT2D eigenvalue weighted by molar-refractivity contribution is 8.14. The van der Waals surface area contributed by atoms with E-state index in [4.69, 9.17) is 33.2 Å². The summed E-state index contributed by atoms with van der Waals surface area (Å²) in [5.74, 6) is 1.14. The fraction of sp³-hybridized carbons (Fsp3) is 0.296. The number of halogens is 2. The lowest BCUT2D eigenvalue weighted by Crippen LogP contribution is -2.27. The van der Waals surface area contributed by atoms with Gasteiger partial charge in [0.1, 0.15) is 11.4 Å². The topological polar surface area (TPSA) is 111 Å². The lowest BCUT2D eigenvalue weighted by molar-refractivity contribution is 0.0786. The van der Waals surface area contributed by atoms with E-state index >= 15 is 0 Å². The van der Waals surface area contributed by atoms with Crippen LogP contribution >= 0.6 is 35.0 Å². The monoisotopic (exact) mass is 556 g/mol. The van der Waals surface area contributed by atoms with Crippen molar-refractivity contribution in [3.63, 3.8) is 0 Å². The molecule has 2 aromatic heterocycles. The summed E-state index contributed by atoms with van der Waals surface area (Å²) >= 11 is 14.6. The van der Waals surface area contributed by atoms with Crippen LogP contribution in [-0.2, 0) is 5.60 Å². The number of hydrogen-bond acceptors (Lipinski definition) is 7. The number of aliphatic imine (C=N–C) groups is 1. The molecule has 1 unspecified atom stereocenters. The number of rotatable bonds is 5. The number of aliphatic hydroxyl groups is 2. The van der Waals surface area contributed by atoms with E-state index in [9.17, 15) is 15.0 Å². The molecule has 5 rings (SSSR count). The molecule has 37 heavy (non-hydrogen) atoms. The van der Waals surface area contributed by atoms with E-state index < -0.39 is 11.2 Å². The van der Waals surface area contributed by atoms with E-state index in [2.05, 4.69) is 10.3 Å². The molecule has 2 aromatic carbocycles. The van der Waals surface area contributed by atoms with Gasteiger partial charge < -0.3 is 20.5 Å². The van der Waals surface area contributed by atoms with Gasteiger partial charge in [-0.2, -0.15) is 0 Å². The summed E-state index contributed by atoms with van der Waals surface area (Å²) in [4.78, 5) is 25.3. The zero-order valence-corrected chi connectivity index (χ0v) is 23.0. The van der Waals surface area contributed by atoms with Gasteiger partial charge in [0, 0.05) is 22.7 Å². The Morgan fingerprint density at radius 1 is 1.03 bits per heavy atom. The Balaban J connectivity index is 1.63. The number of hydrogen-bond donors (Lipinski definition) is 4. The maximum Gasteiger partial charge on any atom is 0.256 e. The number of fused-ring (bicyclic) bond motifs is 3. The second kappa shape index (κ2) is 9.29. The van der Waals surface area contributed by atoms with Crippen molar-refractivity contribution in [2.75, 3.05) is 11.1 Å². The second-order valence-corrected chi connectivity index (χ2v) is 12.0. The Labute approximate surface area is 227 Å². The highest BCUT2D eigenvalue weighted by Crippen LogP contribution is 2.40. The predicted octanol–water partition coefficient (Wildman–Crippen LogP) is 6.31. The molecule has 7 nitrogen and oxygen atoms in total. The average molecular weight is 558 g/mol. The minimum atomic E-state index is -1.11. The summed E-state index contributed by atoms with van der Waals surface area (Å²) in [7, 11) is 0. The number of pyridine rings is 2. The highest BCUT2D eigenvalue weighted by Gasteiger charge is 2.30. The number of nitrogens with one attached hydrogen (secondary N) is 2. The van der Waals surface area contributed by atoms with Gasteiger partial charge in [0.05, 0.1) is 43.3 Å². The first-order chi connectivity index (χ1) is 17.3. The Hall–Kier alpha value is -2.62.